The lowest BCUT2D eigenvalue weighted by atomic mass is 11.1. The maximum atomic E-state index is 4.72. The van der Waals surface area contributed by atoms with Gasteiger partial charge < -0.3 is 15.0 Å². The zero-order valence-electron chi connectivity index (χ0n) is 4.22. The van der Waals surface area contributed by atoms with Crippen molar-refractivity contribution < 1.29 is 0 Å². The van der Waals surface area contributed by atoms with Crippen LogP contribution in [0, 0.1) is 14.3 Å². The van der Waals surface area contributed by atoms with E-state index in [0.717, 1.165) is 0 Å². The van der Waals surface area contributed by atoms with Gasteiger partial charge in [0.15, 0.2) is 14.3 Å². The zero-order chi connectivity index (χ0) is 6.85. The third kappa shape index (κ3) is 2.65. The standard InChI is InChI=1S/C3H3N3S3.H4Si/c7-1-4-2(8)6-3(9)5-1;/h(H3,4,5,6,7,8,9);1H4. The summed E-state index contributed by atoms with van der Waals surface area (Å²) in [5.41, 5.74) is 0. The van der Waals surface area contributed by atoms with E-state index in [1.54, 1.807) is 0 Å². The average Bonchev–Trinajstić information content (AvgIpc) is 1.59. The summed E-state index contributed by atoms with van der Waals surface area (Å²) in [6, 6.07) is 0. The van der Waals surface area contributed by atoms with Crippen molar-refractivity contribution in [2.24, 2.45) is 0 Å². The molecule has 0 aromatic carbocycles. The van der Waals surface area contributed by atoms with Gasteiger partial charge in [-0.2, -0.15) is 0 Å². The summed E-state index contributed by atoms with van der Waals surface area (Å²) in [6.45, 7) is 0. The van der Waals surface area contributed by atoms with Crippen molar-refractivity contribution in [1.29, 1.82) is 0 Å². The van der Waals surface area contributed by atoms with Gasteiger partial charge >= 0.3 is 0 Å². The number of rotatable bonds is 0. The highest BCUT2D eigenvalue weighted by atomic mass is 32.1. The van der Waals surface area contributed by atoms with Crippen molar-refractivity contribution >= 4 is 47.6 Å². The van der Waals surface area contributed by atoms with Crippen molar-refractivity contribution in [3.05, 3.63) is 14.3 Å². The first-order valence-corrected chi connectivity index (χ1v) is 3.34. The molecular weight excluding hydrogens is 202 g/mol. The molecule has 0 bridgehead atoms. The van der Waals surface area contributed by atoms with Gasteiger partial charge in [0.2, 0.25) is 0 Å². The minimum Gasteiger partial charge on any atom is -0.309 e. The van der Waals surface area contributed by atoms with E-state index in [9.17, 15) is 0 Å². The van der Waals surface area contributed by atoms with E-state index >= 15 is 0 Å². The molecule has 0 amide bonds. The quantitative estimate of drug-likeness (QED) is 0.428. The third-order valence-corrected chi connectivity index (χ3v) is 1.29. The van der Waals surface area contributed by atoms with Gasteiger partial charge in [0, 0.05) is 0 Å². The lowest BCUT2D eigenvalue weighted by molar-refractivity contribution is 0.983. The molecular formula is C3H7N3S3Si. The van der Waals surface area contributed by atoms with Gasteiger partial charge in [0.05, 0.1) is 0 Å². The molecule has 0 aliphatic rings. The molecule has 0 unspecified atom stereocenters. The molecule has 0 spiro atoms. The van der Waals surface area contributed by atoms with E-state index in [-0.39, 0.29) is 11.0 Å². The topological polar surface area (TPSA) is 47.4 Å². The molecule has 0 aliphatic heterocycles. The Kier molecular flexibility index (Phi) is 3.87. The first kappa shape index (κ1) is 9.89. The Morgan fingerprint density at radius 2 is 0.900 bits per heavy atom. The van der Waals surface area contributed by atoms with Gasteiger partial charge in [-0.1, -0.05) is 0 Å². The Morgan fingerprint density at radius 3 is 1.10 bits per heavy atom. The van der Waals surface area contributed by atoms with Crippen molar-refractivity contribution in [2.45, 2.75) is 0 Å². The minimum absolute atomic E-state index is 0. The number of hydrogen-bond acceptors (Lipinski definition) is 3. The molecule has 0 fully saturated rings. The van der Waals surface area contributed by atoms with Crippen LogP contribution in [0.2, 0.25) is 0 Å². The number of aromatic nitrogens is 3. The highest BCUT2D eigenvalue weighted by Gasteiger charge is 1.76. The lowest BCUT2D eigenvalue weighted by Crippen LogP contribution is -1.86. The van der Waals surface area contributed by atoms with Crippen LogP contribution >= 0.6 is 36.7 Å². The van der Waals surface area contributed by atoms with Crippen molar-refractivity contribution in [2.75, 3.05) is 0 Å². The minimum atomic E-state index is 0. The van der Waals surface area contributed by atoms with E-state index in [1.165, 1.54) is 0 Å². The predicted molar refractivity (Wildman–Crippen MR) is 53.3 cm³/mol. The molecule has 1 rings (SSSR count). The van der Waals surface area contributed by atoms with E-state index in [1.807, 2.05) is 0 Å². The normalized spacial score (nSPS) is 8.40. The molecule has 0 atom stereocenters. The first-order chi connectivity index (χ1) is 4.18. The van der Waals surface area contributed by atoms with Crippen LogP contribution in [0.5, 0.6) is 0 Å². The summed E-state index contributed by atoms with van der Waals surface area (Å²) in [4.78, 5) is 7.99. The summed E-state index contributed by atoms with van der Waals surface area (Å²) in [5, 5.41) is 0. The molecule has 56 valence electrons. The van der Waals surface area contributed by atoms with Crippen LogP contribution in [0.4, 0.5) is 0 Å². The van der Waals surface area contributed by atoms with Crippen molar-refractivity contribution in [3.63, 3.8) is 0 Å². The maximum Gasteiger partial charge on any atom is 0.178 e. The third-order valence-electron chi connectivity index (χ3n) is 0.681. The highest BCUT2D eigenvalue weighted by Crippen LogP contribution is 1.79. The lowest BCUT2D eigenvalue weighted by Gasteiger charge is -1.84. The molecule has 7 heteroatoms. The van der Waals surface area contributed by atoms with Crippen LogP contribution in [0.15, 0.2) is 0 Å². The number of hydrogen-bond donors (Lipinski definition) is 3. The summed E-state index contributed by atoms with van der Waals surface area (Å²) >= 11 is 14.2. The van der Waals surface area contributed by atoms with Crippen LogP contribution in [0.3, 0.4) is 0 Å². The number of nitrogens with one attached hydrogen (secondary N) is 3. The smallest absolute Gasteiger partial charge is 0.178 e. The van der Waals surface area contributed by atoms with Gasteiger partial charge in [-0.25, -0.2) is 0 Å². The molecule has 3 nitrogen and oxygen atoms in total. The zero-order valence-corrected chi connectivity index (χ0v) is 6.67. The monoisotopic (exact) mass is 209 g/mol. The summed E-state index contributed by atoms with van der Waals surface area (Å²) in [5.74, 6) is 0. The Hall–Kier alpha value is -0.113. The fraction of sp³-hybridized carbons (Fsp3) is 0. The molecule has 0 saturated carbocycles. The van der Waals surface area contributed by atoms with Crippen LogP contribution in [0.25, 0.3) is 0 Å². The summed E-state index contributed by atoms with van der Waals surface area (Å²) in [7, 11) is 0. The van der Waals surface area contributed by atoms with Crippen LogP contribution in [-0.2, 0) is 0 Å². The van der Waals surface area contributed by atoms with Gasteiger partial charge in [-0.15, -0.1) is 0 Å². The summed E-state index contributed by atoms with van der Waals surface area (Å²) in [6.07, 6.45) is 0. The first-order valence-electron chi connectivity index (χ1n) is 2.11. The van der Waals surface area contributed by atoms with E-state index in [4.69, 9.17) is 36.7 Å². The highest BCUT2D eigenvalue weighted by molar-refractivity contribution is 7.72. The molecule has 1 heterocycles. The van der Waals surface area contributed by atoms with E-state index in [2.05, 4.69) is 15.0 Å². The van der Waals surface area contributed by atoms with Gasteiger partial charge in [-0.3, -0.25) is 0 Å². The van der Waals surface area contributed by atoms with Gasteiger partial charge in [0.25, 0.3) is 0 Å². The average molecular weight is 209 g/mol. The summed E-state index contributed by atoms with van der Waals surface area (Å²) < 4.78 is 1.34. The van der Waals surface area contributed by atoms with Crippen LogP contribution < -0.4 is 0 Å². The maximum absolute atomic E-state index is 4.72. The Balaban J connectivity index is 0.000000810. The van der Waals surface area contributed by atoms with E-state index in [0.29, 0.717) is 14.3 Å². The SMILES string of the molecule is S=c1[nH]c(=S)[nH]c(=S)[nH]1.[SiH4]. The van der Waals surface area contributed by atoms with Crippen LogP contribution in [0.1, 0.15) is 0 Å². The van der Waals surface area contributed by atoms with Gasteiger partial charge in [-0.05, 0) is 47.6 Å². The van der Waals surface area contributed by atoms with Crippen LogP contribution in [-0.4, -0.2) is 25.9 Å². The molecule has 1 aromatic rings. The number of H-pyrrole nitrogens is 3. The van der Waals surface area contributed by atoms with E-state index < -0.39 is 0 Å². The molecule has 0 radical (unpaired) electrons. The van der Waals surface area contributed by atoms with Gasteiger partial charge in [0.1, 0.15) is 0 Å². The largest absolute Gasteiger partial charge is 0.309 e. The molecule has 0 saturated heterocycles. The second-order valence-electron chi connectivity index (χ2n) is 1.36. The fourth-order valence-corrected chi connectivity index (χ4v) is 1.21. The predicted octanol–water partition coefficient (Wildman–Crippen LogP) is 0.408. The molecule has 0 aliphatic carbocycles. The second kappa shape index (κ2) is 3.91. The number of aromatic amines is 3. The Labute approximate surface area is 76.9 Å². The van der Waals surface area contributed by atoms with Crippen molar-refractivity contribution in [3.8, 4) is 0 Å². The molecule has 1 aromatic heterocycles. The molecule has 3 N–H and O–H groups in total. The fourth-order valence-electron chi connectivity index (χ4n) is 0.403. The molecule has 10 heavy (non-hydrogen) atoms. The Bertz CT molecular complexity index is 281. The van der Waals surface area contributed by atoms with Crippen molar-refractivity contribution in [1.82, 2.24) is 15.0 Å². The second-order valence-corrected chi connectivity index (χ2v) is 2.59. The Morgan fingerprint density at radius 1 is 0.700 bits per heavy atom.